The SMILES string of the molecule is O=C(O)c1ccc(C=C(CCOc2cccc3ccccc23)CN2CCc3ccccc3C2)cc1. The second kappa shape index (κ2) is 10.6. The minimum atomic E-state index is -0.906. The van der Waals surface area contributed by atoms with E-state index in [0.29, 0.717) is 12.2 Å². The fraction of sp³-hybridized carbons (Fsp3) is 0.194. The number of rotatable bonds is 8. The van der Waals surface area contributed by atoms with Crippen molar-refractivity contribution in [1.82, 2.24) is 4.90 Å². The van der Waals surface area contributed by atoms with Gasteiger partial charge in [0.2, 0.25) is 0 Å². The zero-order chi connectivity index (χ0) is 24.0. The molecule has 0 saturated heterocycles. The van der Waals surface area contributed by atoms with E-state index in [1.807, 2.05) is 36.4 Å². The topological polar surface area (TPSA) is 49.8 Å². The molecule has 0 aliphatic carbocycles. The molecular weight excluding hydrogens is 434 g/mol. The molecule has 0 aromatic heterocycles. The molecule has 4 aromatic rings. The number of carbonyl (C=O) groups is 1. The first kappa shape index (κ1) is 22.9. The number of ether oxygens (including phenoxy) is 1. The summed E-state index contributed by atoms with van der Waals surface area (Å²) in [7, 11) is 0. The predicted molar refractivity (Wildman–Crippen MR) is 141 cm³/mol. The highest BCUT2D eigenvalue weighted by Gasteiger charge is 2.17. The van der Waals surface area contributed by atoms with Gasteiger partial charge in [-0.3, -0.25) is 4.90 Å². The third-order valence-electron chi connectivity index (χ3n) is 6.60. The minimum absolute atomic E-state index is 0.302. The third kappa shape index (κ3) is 5.61. The summed E-state index contributed by atoms with van der Waals surface area (Å²) in [5.74, 6) is -0.00335. The molecule has 0 fully saturated rings. The van der Waals surface area contributed by atoms with Crippen LogP contribution in [0.15, 0.2) is 96.6 Å². The molecule has 35 heavy (non-hydrogen) atoms. The highest BCUT2D eigenvalue weighted by atomic mass is 16.5. The van der Waals surface area contributed by atoms with Gasteiger partial charge < -0.3 is 9.84 Å². The van der Waals surface area contributed by atoms with Gasteiger partial charge in [0.25, 0.3) is 0 Å². The Morgan fingerprint density at radius 3 is 2.46 bits per heavy atom. The normalized spacial score (nSPS) is 14.0. The monoisotopic (exact) mass is 463 g/mol. The number of fused-ring (bicyclic) bond motifs is 2. The minimum Gasteiger partial charge on any atom is -0.493 e. The lowest BCUT2D eigenvalue weighted by Crippen LogP contribution is -2.32. The van der Waals surface area contributed by atoms with Crippen molar-refractivity contribution in [2.24, 2.45) is 0 Å². The second-order valence-electron chi connectivity index (χ2n) is 9.03. The number of hydrogen-bond donors (Lipinski definition) is 1. The standard InChI is InChI=1S/C31H29NO3/c33-31(34)27-14-12-23(13-15-27)20-24(21-32-18-16-25-6-1-2-8-28(25)22-32)17-19-35-30-11-5-9-26-7-3-4-10-29(26)30/h1-15,20H,16-19,21-22H2,(H,33,34). The van der Waals surface area contributed by atoms with Crippen LogP contribution in [0.2, 0.25) is 0 Å². The Bertz CT molecular complexity index is 1350. The van der Waals surface area contributed by atoms with E-state index in [2.05, 4.69) is 53.4 Å². The molecule has 4 aromatic carbocycles. The Hall–Kier alpha value is -3.89. The highest BCUT2D eigenvalue weighted by Crippen LogP contribution is 2.26. The van der Waals surface area contributed by atoms with Crippen LogP contribution < -0.4 is 4.74 Å². The van der Waals surface area contributed by atoms with Crippen molar-refractivity contribution in [3.8, 4) is 5.75 Å². The zero-order valence-electron chi connectivity index (χ0n) is 19.7. The van der Waals surface area contributed by atoms with E-state index in [1.165, 1.54) is 22.1 Å². The molecule has 1 aliphatic rings. The number of aromatic carboxylic acids is 1. The van der Waals surface area contributed by atoms with Gasteiger partial charge in [0.15, 0.2) is 0 Å². The van der Waals surface area contributed by atoms with E-state index in [4.69, 9.17) is 4.74 Å². The molecule has 4 heteroatoms. The van der Waals surface area contributed by atoms with E-state index in [-0.39, 0.29) is 0 Å². The van der Waals surface area contributed by atoms with Crippen LogP contribution in [0.25, 0.3) is 16.8 Å². The Morgan fingerprint density at radius 1 is 0.886 bits per heavy atom. The zero-order valence-corrected chi connectivity index (χ0v) is 19.7. The fourth-order valence-corrected chi connectivity index (χ4v) is 4.74. The lowest BCUT2D eigenvalue weighted by molar-refractivity contribution is 0.0697. The van der Waals surface area contributed by atoms with Gasteiger partial charge in [-0.15, -0.1) is 0 Å². The van der Waals surface area contributed by atoms with Gasteiger partial charge in [-0.2, -0.15) is 0 Å². The van der Waals surface area contributed by atoms with Crippen molar-refractivity contribution >= 4 is 22.8 Å². The molecule has 5 rings (SSSR count). The van der Waals surface area contributed by atoms with Crippen LogP contribution in [-0.2, 0) is 13.0 Å². The first-order valence-corrected chi connectivity index (χ1v) is 12.1. The Morgan fingerprint density at radius 2 is 1.63 bits per heavy atom. The summed E-state index contributed by atoms with van der Waals surface area (Å²) < 4.78 is 6.25. The third-order valence-corrected chi connectivity index (χ3v) is 6.60. The lowest BCUT2D eigenvalue weighted by atomic mass is 9.99. The Balaban J connectivity index is 1.32. The molecule has 1 aliphatic heterocycles. The summed E-state index contributed by atoms with van der Waals surface area (Å²) in [4.78, 5) is 13.7. The lowest BCUT2D eigenvalue weighted by Gasteiger charge is -2.29. The maximum absolute atomic E-state index is 11.2. The van der Waals surface area contributed by atoms with Crippen LogP contribution in [0.1, 0.15) is 33.5 Å². The average molecular weight is 464 g/mol. The van der Waals surface area contributed by atoms with E-state index in [1.54, 1.807) is 12.1 Å². The number of carboxylic acids is 1. The fourth-order valence-electron chi connectivity index (χ4n) is 4.74. The van der Waals surface area contributed by atoms with Gasteiger partial charge in [-0.1, -0.05) is 84.4 Å². The predicted octanol–water partition coefficient (Wildman–Crippen LogP) is 6.45. The Labute approximate surface area is 206 Å². The van der Waals surface area contributed by atoms with E-state index >= 15 is 0 Å². The van der Waals surface area contributed by atoms with E-state index in [0.717, 1.165) is 49.2 Å². The maximum atomic E-state index is 11.2. The van der Waals surface area contributed by atoms with Crippen molar-refractivity contribution in [2.75, 3.05) is 19.7 Å². The van der Waals surface area contributed by atoms with Crippen LogP contribution in [0, 0.1) is 0 Å². The number of hydrogen-bond acceptors (Lipinski definition) is 3. The quantitative estimate of drug-likeness (QED) is 0.326. The molecule has 0 bridgehead atoms. The van der Waals surface area contributed by atoms with Crippen LogP contribution in [0.3, 0.4) is 0 Å². The first-order chi connectivity index (χ1) is 17.2. The van der Waals surface area contributed by atoms with Gasteiger partial charge in [0.05, 0.1) is 12.2 Å². The molecular formula is C31H29NO3. The summed E-state index contributed by atoms with van der Waals surface area (Å²) in [6.45, 7) is 3.40. The van der Waals surface area contributed by atoms with Gasteiger partial charge in [-0.25, -0.2) is 4.79 Å². The second-order valence-corrected chi connectivity index (χ2v) is 9.03. The molecule has 4 nitrogen and oxygen atoms in total. The van der Waals surface area contributed by atoms with Crippen molar-refractivity contribution in [3.05, 3.63) is 119 Å². The molecule has 0 amide bonds. The van der Waals surface area contributed by atoms with Crippen LogP contribution in [0.5, 0.6) is 5.75 Å². The smallest absolute Gasteiger partial charge is 0.335 e. The summed E-state index contributed by atoms with van der Waals surface area (Å²) in [5, 5.41) is 11.5. The molecule has 0 saturated carbocycles. The average Bonchev–Trinajstić information content (AvgIpc) is 2.89. The molecule has 1 heterocycles. The van der Waals surface area contributed by atoms with Crippen molar-refractivity contribution in [3.63, 3.8) is 0 Å². The van der Waals surface area contributed by atoms with E-state index in [9.17, 15) is 9.90 Å². The summed E-state index contributed by atoms with van der Waals surface area (Å²) >= 11 is 0. The molecule has 0 unspecified atom stereocenters. The maximum Gasteiger partial charge on any atom is 0.335 e. The summed E-state index contributed by atoms with van der Waals surface area (Å²) in [6.07, 6.45) is 4.03. The number of benzene rings is 4. The molecule has 0 radical (unpaired) electrons. The van der Waals surface area contributed by atoms with Crippen LogP contribution in [-0.4, -0.2) is 35.7 Å². The largest absolute Gasteiger partial charge is 0.493 e. The van der Waals surface area contributed by atoms with Crippen molar-refractivity contribution < 1.29 is 14.6 Å². The molecule has 0 atom stereocenters. The molecule has 176 valence electrons. The summed E-state index contributed by atoms with van der Waals surface area (Å²) in [5.41, 5.74) is 5.42. The van der Waals surface area contributed by atoms with Crippen molar-refractivity contribution in [1.29, 1.82) is 0 Å². The molecule has 1 N–H and O–H groups in total. The van der Waals surface area contributed by atoms with Crippen LogP contribution in [0.4, 0.5) is 0 Å². The highest BCUT2D eigenvalue weighted by molar-refractivity contribution is 5.88. The van der Waals surface area contributed by atoms with Gasteiger partial charge >= 0.3 is 5.97 Å². The van der Waals surface area contributed by atoms with Gasteiger partial charge in [0, 0.05) is 31.4 Å². The van der Waals surface area contributed by atoms with Gasteiger partial charge in [-0.05, 0) is 46.7 Å². The number of carboxylic acid groups (broad SMARTS) is 1. The first-order valence-electron chi connectivity index (χ1n) is 12.1. The molecule has 0 spiro atoms. The van der Waals surface area contributed by atoms with Gasteiger partial charge in [0.1, 0.15) is 5.75 Å². The summed E-state index contributed by atoms with van der Waals surface area (Å²) in [6, 6.07) is 30.2. The Kier molecular flexibility index (Phi) is 6.92. The number of nitrogens with zero attached hydrogens (tertiary/aromatic N) is 1. The van der Waals surface area contributed by atoms with Crippen molar-refractivity contribution in [2.45, 2.75) is 19.4 Å². The van der Waals surface area contributed by atoms with Crippen LogP contribution >= 0.6 is 0 Å². The van der Waals surface area contributed by atoms with E-state index < -0.39 is 5.97 Å².